The Kier molecular flexibility index (Phi) is 3.28. The fourth-order valence-electron chi connectivity index (χ4n) is 1.05. The summed E-state index contributed by atoms with van der Waals surface area (Å²) in [7, 11) is 3.67. The Balaban J connectivity index is 2.93. The monoisotopic (exact) mass is 178 g/mol. The van der Waals surface area contributed by atoms with Crippen LogP contribution < -0.4 is 11.3 Å². The molecule has 1 aromatic rings. The van der Waals surface area contributed by atoms with Crippen LogP contribution in [0.4, 0.5) is 0 Å². The second kappa shape index (κ2) is 4.47. The summed E-state index contributed by atoms with van der Waals surface area (Å²) in [5.41, 5.74) is 3.92. The first-order chi connectivity index (χ1) is 6.29. The fraction of sp³-hybridized carbons (Fsp3) is 0.222. The normalized spacial score (nSPS) is 11.4. The number of hydrogen-bond donors (Lipinski definition) is 2. The van der Waals surface area contributed by atoms with Crippen LogP contribution in [0.2, 0.25) is 0 Å². The van der Waals surface area contributed by atoms with Crippen molar-refractivity contribution in [1.29, 1.82) is 0 Å². The molecule has 0 aliphatic rings. The standard InChI is InChI=1S/C9H14N4/c1-11-13(2)9(12-10)8-6-4-3-5-7-8/h3-7,11H,10H2,1-2H3/b12-9+. The molecule has 0 spiro atoms. The van der Waals surface area contributed by atoms with E-state index < -0.39 is 0 Å². The molecule has 0 amide bonds. The van der Waals surface area contributed by atoms with Gasteiger partial charge < -0.3 is 5.84 Å². The Morgan fingerprint density at radius 1 is 1.38 bits per heavy atom. The van der Waals surface area contributed by atoms with Crippen molar-refractivity contribution in [3.8, 4) is 0 Å². The third-order valence-corrected chi connectivity index (χ3v) is 1.81. The summed E-state index contributed by atoms with van der Waals surface area (Å²) < 4.78 is 0. The van der Waals surface area contributed by atoms with E-state index in [0.717, 1.165) is 5.56 Å². The lowest BCUT2D eigenvalue weighted by molar-refractivity contribution is 0.409. The molecule has 1 rings (SSSR count). The quantitative estimate of drug-likeness (QED) is 0.298. The van der Waals surface area contributed by atoms with E-state index in [4.69, 9.17) is 5.84 Å². The summed E-state index contributed by atoms with van der Waals surface area (Å²) in [5.74, 6) is 6.00. The number of nitrogens with zero attached hydrogens (tertiary/aromatic N) is 2. The number of nitrogens with one attached hydrogen (secondary N) is 1. The van der Waals surface area contributed by atoms with Crippen LogP contribution in [-0.2, 0) is 0 Å². The Labute approximate surface area is 78.0 Å². The SMILES string of the molecule is CNN(C)/C(=N/N)c1ccccc1. The van der Waals surface area contributed by atoms with Crippen LogP contribution in [0.3, 0.4) is 0 Å². The third-order valence-electron chi connectivity index (χ3n) is 1.81. The number of benzene rings is 1. The van der Waals surface area contributed by atoms with E-state index in [1.54, 1.807) is 5.01 Å². The molecular weight excluding hydrogens is 164 g/mol. The van der Waals surface area contributed by atoms with E-state index in [9.17, 15) is 0 Å². The van der Waals surface area contributed by atoms with Gasteiger partial charge >= 0.3 is 0 Å². The zero-order valence-corrected chi connectivity index (χ0v) is 7.86. The van der Waals surface area contributed by atoms with Gasteiger partial charge in [-0.25, -0.2) is 5.43 Å². The molecule has 0 heterocycles. The second-order valence-corrected chi connectivity index (χ2v) is 2.60. The molecule has 0 unspecified atom stereocenters. The first-order valence-corrected chi connectivity index (χ1v) is 4.04. The largest absolute Gasteiger partial charge is 0.321 e. The van der Waals surface area contributed by atoms with E-state index in [0.29, 0.717) is 5.84 Å². The van der Waals surface area contributed by atoms with E-state index in [1.807, 2.05) is 44.4 Å². The zero-order valence-electron chi connectivity index (χ0n) is 7.86. The number of hydrogen-bond acceptors (Lipinski definition) is 3. The number of hydrazone groups is 1. The summed E-state index contributed by atoms with van der Waals surface area (Å²) in [6.07, 6.45) is 0. The minimum Gasteiger partial charge on any atom is -0.321 e. The van der Waals surface area contributed by atoms with Crippen LogP contribution in [-0.4, -0.2) is 24.9 Å². The van der Waals surface area contributed by atoms with Gasteiger partial charge in [-0.05, 0) is 0 Å². The highest BCUT2D eigenvalue weighted by molar-refractivity contribution is 5.98. The summed E-state index contributed by atoms with van der Waals surface area (Å²) in [4.78, 5) is 0. The molecule has 13 heavy (non-hydrogen) atoms. The Bertz CT molecular complexity index is 281. The number of hydrazine groups is 1. The molecule has 4 nitrogen and oxygen atoms in total. The van der Waals surface area contributed by atoms with Crippen molar-refractivity contribution in [3.63, 3.8) is 0 Å². The summed E-state index contributed by atoms with van der Waals surface area (Å²) in [6.45, 7) is 0. The average Bonchev–Trinajstić information content (AvgIpc) is 2.20. The van der Waals surface area contributed by atoms with Crippen molar-refractivity contribution in [1.82, 2.24) is 10.4 Å². The van der Waals surface area contributed by atoms with E-state index >= 15 is 0 Å². The summed E-state index contributed by atoms with van der Waals surface area (Å²) >= 11 is 0. The molecule has 3 N–H and O–H groups in total. The minimum atomic E-state index is 0.711. The van der Waals surface area contributed by atoms with E-state index in [1.165, 1.54) is 0 Å². The van der Waals surface area contributed by atoms with Crippen LogP contribution in [0.15, 0.2) is 35.4 Å². The Hall–Kier alpha value is -1.55. The lowest BCUT2D eigenvalue weighted by atomic mass is 10.2. The van der Waals surface area contributed by atoms with Gasteiger partial charge in [0.1, 0.15) is 0 Å². The highest BCUT2D eigenvalue weighted by Crippen LogP contribution is 2.01. The maximum absolute atomic E-state index is 5.29. The highest BCUT2D eigenvalue weighted by atomic mass is 15.5. The predicted molar refractivity (Wildman–Crippen MR) is 54.0 cm³/mol. The molecule has 0 saturated heterocycles. The summed E-state index contributed by atoms with van der Waals surface area (Å²) in [6, 6.07) is 9.77. The second-order valence-electron chi connectivity index (χ2n) is 2.60. The van der Waals surface area contributed by atoms with Crippen LogP contribution in [0.5, 0.6) is 0 Å². The van der Waals surface area contributed by atoms with Gasteiger partial charge in [0.2, 0.25) is 0 Å². The topological polar surface area (TPSA) is 53.6 Å². The number of amidine groups is 1. The number of rotatable bonds is 2. The maximum atomic E-state index is 5.29. The molecule has 1 aromatic carbocycles. The van der Waals surface area contributed by atoms with Crippen molar-refractivity contribution in [2.75, 3.05) is 14.1 Å². The molecule has 0 bridgehead atoms. The van der Waals surface area contributed by atoms with Crippen molar-refractivity contribution < 1.29 is 0 Å². The molecule has 4 heteroatoms. The molecule has 0 aliphatic carbocycles. The average molecular weight is 178 g/mol. The van der Waals surface area contributed by atoms with Gasteiger partial charge in [-0.2, -0.15) is 5.10 Å². The van der Waals surface area contributed by atoms with E-state index in [-0.39, 0.29) is 0 Å². The van der Waals surface area contributed by atoms with Gasteiger partial charge in [0, 0.05) is 19.7 Å². The van der Waals surface area contributed by atoms with Crippen LogP contribution in [0.25, 0.3) is 0 Å². The van der Waals surface area contributed by atoms with Gasteiger partial charge in [-0.1, -0.05) is 30.3 Å². The van der Waals surface area contributed by atoms with Crippen LogP contribution >= 0.6 is 0 Å². The zero-order chi connectivity index (χ0) is 9.68. The van der Waals surface area contributed by atoms with Gasteiger partial charge in [0.25, 0.3) is 0 Å². The lowest BCUT2D eigenvalue weighted by Gasteiger charge is -2.18. The molecular formula is C9H14N4. The molecule has 70 valence electrons. The molecule has 0 aliphatic heterocycles. The molecule has 0 saturated carbocycles. The first kappa shape index (κ1) is 9.54. The molecule has 0 fully saturated rings. The van der Waals surface area contributed by atoms with Crippen molar-refractivity contribution in [2.24, 2.45) is 10.9 Å². The fourth-order valence-corrected chi connectivity index (χ4v) is 1.05. The van der Waals surface area contributed by atoms with Crippen molar-refractivity contribution in [2.45, 2.75) is 0 Å². The maximum Gasteiger partial charge on any atom is 0.169 e. The Morgan fingerprint density at radius 3 is 2.46 bits per heavy atom. The molecule has 0 radical (unpaired) electrons. The minimum absolute atomic E-state index is 0.711. The highest BCUT2D eigenvalue weighted by Gasteiger charge is 2.05. The molecule has 0 atom stereocenters. The summed E-state index contributed by atoms with van der Waals surface area (Å²) in [5, 5.41) is 5.47. The lowest BCUT2D eigenvalue weighted by Crippen LogP contribution is -2.38. The van der Waals surface area contributed by atoms with Gasteiger partial charge in [-0.3, -0.25) is 5.01 Å². The molecule has 0 aromatic heterocycles. The third kappa shape index (κ3) is 2.19. The smallest absolute Gasteiger partial charge is 0.169 e. The van der Waals surface area contributed by atoms with Gasteiger partial charge in [0.05, 0.1) is 0 Å². The van der Waals surface area contributed by atoms with Crippen molar-refractivity contribution in [3.05, 3.63) is 35.9 Å². The van der Waals surface area contributed by atoms with Crippen LogP contribution in [0.1, 0.15) is 5.56 Å². The van der Waals surface area contributed by atoms with Crippen molar-refractivity contribution >= 4 is 5.84 Å². The van der Waals surface area contributed by atoms with Crippen LogP contribution in [0, 0.1) is 0 Å². The predicted octanol–water partition coefficient (Wildman–Crippen LogP) is 0.373. The van der Waals surface area contributed by atoms with Gasteiger partial charge in [-0.15, -0.1) is 0 Å². The first-order valence-electron chi connectivity index (χ1n) is 4.04. The van der Waals surface area contributed by atoms with E-state index in [2.05, 4.69) is 10.5 Å². The Morgan fingerprint density at radius 2 is 2.00 bits per heavy atom. The number of nitrogens with two attached hydrogens (primary N) is 1. The van der Waals surface area contributed by atoms with Gasteiger partial charge in [0.15, 0.2) is 5.84 Å².